The third-order valence-electron chi connectivity index (χ3n) is 20.2. The van der Waals surface area contributed by atoms with Crippen LogP contribution in [0.2, 0.25) is 0 Å². The van der Waals surface area contributed by atoms with E-state index in [1.54, 1.807) is 24.8 Å². The van der Waals surface area contributed by atoms with Crippen LogP contribution in [0.4, 0.5) is 0 Å². The van der Waals surface area contributed by atoms with Gasteiger partial charge < -0.3 is 0 Å². The van der Waals surface area contributed by atoms with Crippen LogP contribution >= 0.6 is 0 Å². The van der Waals surface area contributed by atoms with Crippen LogP contribution in [0.3, 0.4) is 0 Å². The SMILES string of the molecule is c1ccc2c(-c3cc(-c4cccc5ncccc45)cc(-c4cccc5ncccc45)c3)cccc2c1.c1cnc2c(-c3cc(-c4cccc5cccnc45)cc(-c4cccc5cccnc45)c3)cccc2c1.c1cnc2c(-c3cc(-c4cccc5nccnc45)cc(-c4cccc5nccnc45)c3)cccc2c1. The second-order valence-electron chi connectivity index (χ2n) is 26.7. The first-order valence-corrected chi connectivity index (χ1v) is 35.9. The Labute approximate surface area is 621 Å². The van der Waals surface area contributed by atoms with Gasteiger partial charge in [-0.2, -0.15) is 0 Å². The van der Waals surface area contributed by atoms with Gasteiger partial charge in [0.25, 0.3) is 0 Å². The van der Waals surface area contributed by atoms with Crippen LogP contribution in [0.15, 0.2) is 377 Å². The lowest BCUT2D eigenvalue weighted by Crippen LogP contribution is -1.92. The van der Waals surface area contributed by atoms with Gasteiger partial charge in [0.1, 0.15) is 0 Å². The number of benzene rings is 13. The van der Waals surface area contributed by atoms with Crippen LogP contribution in [-0.2, 0) is 0 Å². The number of hydrogen-bond donors (Lipinski definition) is 0. The zero-order valence-electron chi connectivity index (χ0n) is 58.3. The minimum absolute atomic E-state index is 0.866. The largest absolute Gasteiger partial charge is 0.256 e. The molecule has 0 aliphatic heterocycles. The predicted molar refractivity (Wildman–Crippen MR) is 444 cm³/mol. The summed E-state index contributed by atoms with van der Waals surface area (Å²) in [7, 11) is 0. The summed E-state index contributed by atoms with van der Waals surface area (Å²) < 4.78 is 0. The summed E-state index contributed by atoms with van der Waals surface area (Å²) in [5.74, 6) is 0. The Kier molecular flexibility index (Phi) is 16.7. The molecule has 8 heterocycles. The molecule has 0 spiro atoms. The van der Waals surface area contributed by atoms with Gasteiger partial charge in [0, 0.05) is 128 Å². The fourth-order valence-corrected chi connectivity index (χ4v) is 15.3. The summed E-state index contributed by atoms with van der Waals surface area (Å²) in [5, 5.41) is 9.28. The minimum Gasteiger partial charge on any atom is -0.256 e. The number of para-hydroxylation sites is 6. The second kappa shape index (κ2) is 28.1. The summed E-state index contributed by atoms with van der Waals surface area (Å²) in [6.45, 7) is 0. The van der Waals surface area contributed by atoms with Crippen LogP contribution in [0.25, 0.3) is 198 Å². The van der Waals surface area contributed by atoms with E-state index in [2.05, 4.69) is 285 Å². The van der Waals surface area contributed by atoms with Gasteiger partial charge in [-0.15, -0.1) is 0 Å². The Bertz CT molecular complexity index is 5640. The van der Waals surface area contributed by atoms with Crippen LogP contribution in [0.5, 0.6) is 0 Å². The smallest absolute Gasteiger partial charge is 0.0965 e. The lowest BCUT2D eigenvalue weighted by Gasteiger charge is -2.15. The van der Waals surface area contributed by atoms with E-state index in [1.165, 1.54) is 44.2 Å². The molecule has 0 aliphatic rings. The lowest BCUT2D eigenvalue weighted by molar-refractivity contribution is 1.29. The van der Waals surface area contributed by atoms with Gasteiger partial charge in [-0.1, -0.05) is 200 Å². The number of pyridine rings is 6. The monoisotopic (exact) mass is 1380 g/mol. The average Bonchev–Trinajstić information content (AvgIpc) is 0.771. The maximum atomic E-state index is 4.74. The molecule has 0 bridgehead atoms. The Hall–Kier alpha value is -14.7. The van der Waals surface area contributed by atoms with Crippen molar-refractivity contribution in [3.05, 3.63) is 377 Å². The van der Waals surface area contributed by atoms with E-state index in [1.807, 2.05) is 97.8 Å². The molecular weight excluding hydrogens is 1320 g/mol. The molecule has 0 unspecified atom stereocenters. The molecular formula is C98H62N10. The maximum absolute atomic E-state index is 4.74. The summed E-state index contributed by atoms with van der Waals surface area (Å²) in [5.41, 5.74) is 29.6. The fraction of sp³-hybridized carbons (Fsp3) is 0. The van der Waals surface area contributed by atoms with Crippen molar-refractivity contribution >= 4 is 98.3 Å². The summed E-state index contributed by atoms with van der Waals surface area (Å²) >= 11 is 0. The van der Waals surface area contributed by atoms with E-state index in [0.29, 0.717) is 0 Å². The molecule has 0 fully saturated rings. The highest BCUT2D eigenvalue weighted by atomic mass is 14.8. The third kappa shape index (κ3) is 12.3. The molecule has 0 atom stereocenters. The molecule has 108 heavy (non-hydrogen) atoms. The highest BCUT2D eigenvalue weighted by Gasteiger charge is 2.19. The molecule has 0 radical (unpaired) electrons. The van der Waals surface area contributed by atoms with Gasteiger partial charge >= 0.3 is 0 Å². The van der Waals surface area contributed by atoms with Gasteiger partial charge in [-0.3, -0.25) is 49.8 Å². The van der Waals surface area contributed by atoms with Crippen LogP contribution < -0.4 is 0 Å². The van der Waals surface area contributed by atoms with Crippen LogP contribution in [0, 0.1) is 0 Å². The molecule has 10 heteroatoms. The standard InChI is InChI=1S/C34H22N2.C33H21N3.C31H19N5/c1-2-10-27-23(8-1)9-3-11-28(27)24-20-25(29-12-4-16-33-31(29)14-6-18-35-33)22-26(21-24)30-13-5-17-34-32(30)15-7-19-36-34;1-7-22-10-4-16-34-31(22)28(13-1)25-19-26(29-14-2-8-23-11-5-17-35-32(23)29)21-27(20-25)30-15-3-9-24-12-6-18-36-33(24)30;1-5-20-6-4-12-34-29(20)24(7-1)21-17-22(25-8-2-10-27-30(25)35-15-13-32-27)19-23(18-21)26-9-3-11-28-31(26)36-16-14-33-28/h1-22H;1-21H;1-19H. The van der Waals surface area contributed by atoms with Gasteiger partial charge in [0.05, 0.1) is 55.2 Å². The van der Waals surface area contributed by atoms with Crippen molar-refractivity contribution in [2.75, 3.05) is 0 Å². The number of rotatable bonds is 9. The number of fused-ring (bicyclic) bond motifs is 9. The van der Waals surface area contributed by atoms with Crippen molar-refractivity contribution in [3.8, 4) is 100 Å². The number of hydrogen-bond acceptors (Lipinski definition) is 10. The highest BCUT2D eigenvalue weighted by molar-refractivity contribution is 6.06. The van der Waals surface area contributed by atoms with E-state index in [0.717, 1.165) is 154 Å². The topological polar surface area (TPSA) is 129 Å². The fourth-order valence-electron chi connectivity index (χ4n) is 15.3. The summed E-state index contributed by atoms with van der Waals surface area (Å²) in [6.07, 6.45) is 18.1. The van der Waals surface area contributed by atoms with Crippen molar-refractivity contribution < 1.29 is 0 Å². The molecule has 0 amide bonds. The Morgan fingerprint density at radius 1 is 0.130 bits per heavy atom. The van der Waals surface area contributed by atoms with Crippen molar-refractivity contribution in [3.63, 3.8) is 0 Å². The lowest BCUT2D eigenvalue weighted by atomic mass is 9.89. The van der Waals surface area contributed by atoms with Crippen molar-refractivity contribution in [1.29, 1.82) is 0 Å². The molecule has 0 N–H and O–H groups in total. The molecule has 21 aromatic rings. The quantitative estimate of drug-likeness (QED) is 0.138. The molecule has 0 saturated carbocycles. The van der Waals surface area contributed by atoms with E-state index in [-0.39, 0.29) is 0 Å². The van der Waals surface area contributed by atoms with E-state index < -0.39 is 0 Å². The van der Waals surface area contributed by atoms with E-state index >= 15 is 0 Å². The molecule has 0 aliphatic carbocycles. The van der Waals surface area contributed by atoms with E-state index in [4.69, 9.17) is 19.9 Å². The normalized spacial score (nSPS) is 11.3. The first-order valence-electron chi connectivity index (χ1n) is 35.9. The average molecular weight is 1380 g/mol. The number of nitrogens with zero attached hydrogens (tertiary/aromatic N) is 10. The minimum atomic E-state index is 0.866. The Balaban J connectivity index is 0.000000110. The Morgan fingerprint density at radius 2 is 0.343 bits per heavy atom. The molecule has 21 rings (SSSR count). The van der Waals surface area contributed by atoms with Gasteiger partial charge in [0.2, 0.25) is 0 Å². The molecule has 0 saturated heterocycles. The van der Waals surface area contributed by atoms with Gasteiger partial charge in [0.15, 0.2) is 0 Å². The van der Waals surface area contributed by atoms with Crippen LogP contribution in [0.1, 0.15) is 0 Å². The zero-order valence-corrected chi connectivity index (χ0v) is 58.3. The third-order valence-corrected chi connectivity index (χ3v) is 20.2. The molecule has 10 nitrogen and oxygen atoms in total. The second-order valence-corrected chi connectivity index (χ2v) is 26.7. The summed E-state index contributed by atoms with van der Waals surface area (Å²) in [4.78, 5) is 46.5. The maximum Gasteiger partial charge on any atom is 0.0965 e. The molecule has 504 valence electrons. The summed E-state index contributed by atoms with van der Waals surface area (Å²) in [6, 6.07) is 111. The zero-order chi connectivity index (χ0) is 71.7. The van der Waals surface area contributed by atoms with Gasteiger partial charge in [-0.25, -0.2) is 0 Å². The predicted octanol–water partition coefficient (Wildman–Crippen LogP) is 24.4. The Morgan fingerprint density at radius 3 is 0.704 bits per heavy atom. The molecule has 13 aromatic carbocycles. The first kappa shape index (κ1) is 64.1. The number of aromatic nitrogens is 10. The first-order chi connectivity index (χ1) is 53.5. The van der Waals surface area contributed by atoms with Crippen molar-refractivity contribution in [1.82, 2.24) is 49.8 Å². The van der Waals surface area contributed by atoms with Crippen molar-refractivity contribution in [2.24, 2.45) is 0 Å². The van der Waals surface area contributed by atoms with Crippen LogP contribution in [-0.4, -0.2) is 49.8 Å². The van der Waals surface area contributed by atoms with Crippen molar-refractivity contribution in [2.45, 2.75) is 0 Å². The molecule has 8 aromatic heterocycles. The van der Waals surface area contributed by atoms with Gasteiger partial charge in [-0.05, 0) is 193 Å². The van der Waals surface area contributed by atoms with E-state index in [9.17, 15) is 0 Å². The highest BCUT2D eigenvalue weighted by Crippen LogP contribution is 2.43.